The fourth-order valence-corrected chi connectivity index (χ4v) is 3.84. The van der Waals surface area contributed by atoms with Crippen molar-refractivity contribution >= 4 is 11.8 Å². The van der Waals surface area contributed by atoms with Gasteiger partial charge in [0.05, 0.1) is 12.6 Å². The molecule has 4 unspecified atom stereocenters. The van der Waals surface area contributed by atoms with E-state index in [4.69, 9.17) is 0 Å². The SMILES string of the molecule is CC1CCCC(NC(=O)CN2CCCC2C(=O)NCC(F)(F)F)C1C. The van der Waals surface area contributed by atoms with E-state index in [-0.39, 0.29) is 18.5 Å². The Hall–Kier alpha value is -1.31. The Labute approximate surface area is 146 Å². The minimum absolute atomic E-state index is 0.0572. The highest BCUT2D eigenvalue weighted by atomic mass is 19.4. The molecule has 25 heavy (non-hydrogen) atoms. The molecule has 2 amide bonds. The number of carbonyl (C=O) groups excluding carboxylic acids is 2. The Balaban J connectivity index is 1.83. The van der Waals surface area contributed by atoms with Crippen LogP contribution < -0.4 is 10.6 Å². The van der Waals surface area contributed by atoms with Gasteiger partial charge in [-0.3, -0.25) is 14.5 Å². The molecule has 0 bridgehead atoms. The van der Waals surface area contributed by atoms with E-state index in [2.05, 4.69) is 19.2 Å². The van der Waals surface area contributed by atoms with E-state index in [0.717, 1.165) is 12.8 Å². The minimum Gasteiger partial charge on any atom is -0.352 e. The summed E-state index contributed by atoms with van der Waals surface area (Å²) in [7, 11) is 0. The van der Waals surface area contributed by atoms with Crippen LogP contribution in [0.3, 0.4) is 0 Å². The average molecular weight is 363 g/mol. The normalized spacial score (nSPS) is 30.9. The predicted octanol–water partition coefficient (Wildman–Crippen LogP) is 2.07. The van der Waals surface area contributed by atoms with Crippen LogP contribution in [0.4, 0.5) is 13.2 Å². The molecule has 144 valence electrons. The highest BCUT2D eigenvalue weighted by Gasteiger charge is 2.35. The lowest BCUT2D eigenvalue weighted by atomic mass is 9.78. The first-order valence-corrected chi connectivity index (χ1v) is 9.05. The average Bonchev–Trinajstić information content (AvgIpc) is 2.97. The molecule has 2 rings (SSSR count). The first-order valence-electron chi connectivity index (χ1n) is 9.05. The van der Waals surface area contributed by atoms with Crippen molar-refractivity contribution in [1.29, 1.82) is 0 Å². The first kappa shape index (κ1) is 20.0. The summed E-state index contributed by atoms with van der Waals surface area (Å²) >= 11 is 0. The van der Waals surface area contributed by atoms with Gasteiger partial charge in [-0.15, -0.1) is 0 Å². The number of amides is 2. The molecule has 1 heterocycles. The maximum atomic E-state index is 12.3. The molecule has 8 heteroatoms. The van der Waals surface area contributed by atoms with E-state index in [9.17, 15) is 22.8 Å². The van der Waals surface area contributed by atoms with Crippen LogP contribution in [0, 0.1) is 11.8 Å². The summed E-state index contributed by atoms with van der Waals surface area (Å²) < 4.78 is 36.7. The summed E-state index contributed by atoms with van der Waals surface area (Å²) in [4.78, 5) is 26.0. The van der Waals surface area contributed by atoms with Gasteiger partial charge in [-0.2, -0.15) is 13.2 Å². The van der Waals surface area contributed by atoms with Gasteiger partial charge in [-0.25, -0.2) is 0 Å². The largest absolute Gasteiger partial charge is 0.405 e. The Bertz CT molecular complexity index is 484. The fraction of sp³-hybridized carbons (Fsp3) is 0.882. The van der Waals surface area contributed by atoms with Crippen LogP contribution in [0.15, 0.2) is 0 Å². The molecule has 0 aromatic rings. The van der Waals surface area contributed by atoms with E-state index < -0.39 is 24.7 Å². The highest BCUT2D eigenvalue weighted by Crippen LogP contribution is 2.29. The first-order chi connectivity index (χ1) is 11.7. The monoisotopic (exact) mass is 363 g/mol. The van der Waals surface area contributed by atoms with Crippen molar-refractivity contribution in [2.24, 2.45) is 11.8 Å². The number of nitrogens with zero attached hydrogens (tertiary/aromatic N) is 1. The number of carbonyl (C=O) groups is 2. The molecule has 0 aromatic heterocycles. The maximum absolute atomic E-state index is 12.3. The van der Waals surface area contributed by atoms with Gasteiger partial charge >= 0.3 is 6.18 Å². The lowest BCUT2D eigenvalue weighted by molar-refractivity contribution is -0.141. The lowest BCUT2D eigenvalue weighted by Gasteiger charge is -2.35. The Morgan fingerprint density at radius 3 is 2.52 bits per heavy atom. The molecular formula is C17H28F3N3O2. The summed E-state index contributed by atoms with van der Waals surface area (Å²) in [6.45, 7) is 3.60. The second-order valence-electron chi connectivity index (χ2n) is 7.40. The number of alkyl halides is 3. The fourth-order valence-electron chi connectivity index (χ4n) is 3.84. The molecule has 1 saturated heterocycles. The number of hydrogen-bond acceptors (Lipinski definition) is 3. The Morgan fingerprint density at radius 1 is 1.12 bits per heavy atom. The molecule has 5 nitrogen and oxygen atoms in total. The standard InChI is InChI=1S/C17H28F3N3O2/c1-11-5-3-6-13(12(11)2)22-15(24)9-23-8-4-7-14(23)16(25)21-10-17(18,19)20/h11-14H,3-10H2,1-2H3,(H,21,25)(H,22,24). The van der Waals surface area contributed by atoms with E-state index in [1.807, 2.05) is 5.32 Å². The van der Waals surface area contributed by atoms with Crippen LogP contribution in [0.5, 0.6) is 0 Å². The second-order valence-corrected chi connectivity index (χ2v) is 7.40. The smallest absolute Gasteiger partial charge is 0.352 e. The number of halogens is 3. The Morgan fingerprint density at radius 2 is 1.84 bits per heavy atom. The van der Waals surface area contributed by atoms with Crippen molar-refractivity contribution in [3.63, 3.8) is 0 Å². The molecule has 2 fully saturated rings. The molecule has 2 aliphatic rings. The molecule has 0 radical (unpaired) electrons. The molecule has 1 aliphatic heterocycles. The number of nitrogens with one attached hydrogen (secondary N) is 2. The quantitative estimate of drug-likeness (QED) is 0.786. The van der Waals surface area contributed by atoms with Gasteiger partial charge in [0, 0.05) is 6.04 Å². The lowest BCUT2D eigenvalue weighted by Crippen LogP contribution is -2.51. The topological polar surface area (TPSA) is 61.4 Å². The Kier molecular flexibility index (Phi) is 6.71. The molecular weight excluding hydrogens is 335 g/mol. The van der Waals surface area contributed by atoms with E-state index in [0.29, 0.717) is 31.2 Å². The van der Waals surface area contributed by atoms with Crippen LogP contribution in [0.2, 0.25) is 0 Å². The molecule has 2 N–H and O–H groups in total. The van der Waals surface area contributed by atoms with Gasteiger partial charge in [0.1, 0.15) is 6.54 Å². The van der Waals surface area contributed by atoms with Gasteiger partial charge < -0.3 is 10.6 Å². The van der Waals surface area contributed by atoms with Crippen molar-refractivity contribution in [3.8, 4) is 0 Å². The van der Waals surface area contributed by atoms with Crippen molar-refractivity contribution in [3.05, 3.63) is 0 Å². The minimum atomic E-state index is -4.43. The van der Waals surface area contributed by atoms with Gasteiger partial charge in [0.2, 0.25) is 11.8 Å². The predicted molar refractivity (Wildman–Crippen MR) is 87.8 cm³/mol. The van der Waals surface area contributed by atoms with Crippen LogP contribution in [-0.4, -0.2) is 54.6 Å². The zero-order chi connectivity index (χ0) is 18.6. The summed E-state index contributed by atoms with van der Waals surface area (Å²) in [6.07, 6.45) is -0.0388. The number of hydrogen-bond donors (Lipinski definition) is 2. The zero-order valence-electron chi connectivity index (χ0n) is 14.9. The van der Waals surface area contributed by atoms with Crippen LogP contribution in [0.1, 0.15) is 46.0 Å². The third kappa shape index (κ3) is 5.87. The second kappa shape index (κ2) is 8.38. The zero-order valence-corrected chi connectivity index (χ0v) is 14.9. The maximum Gasteiger partial charge on any atom is 0.405 e. The molecule has 0 aromatic carbocycles. The van der Waals surface area contributed by atoms with Crippen LogP contribution >= 0.6 is 0 Å². The summed E-state index contributed by atoms with van der Waals surface area (Å²) in [6, 6.07) is -0.521. The van der Waals surface area contributed by atoms with E-state index in [1.165, 1.54) is 6.42 Å². The summed E-state index contributed by atoms with van der Waals surface area (Å²) in [5.41, 5.74) is 0. The highest BCUT2D eigenvalue weighted by molar-refractivity contribution is 5.84. The van der Waals surface area contributed by atoms with Gasteiger partial charge in [0.25, 0.3) is 0 Å². The molecule has 4 atom stereocenters. The third-order valence-corrected chi connectivity index (χ3v) is 5.53. The number of rotatable bonds is 5. The van der Waals surface area contributed by atoms with Crippen molar-refractivity contribution in [2.45, 2.75) is 64.2 Å². The number of likely N-dealkylation sites (tertiary alicyclic amines) is 1. The van der Waals surface area contributed by atoms with Gasteiger partial charge in [0.15, 0.2) is 0 Å². The van der Waals surface area contributed by atoms with E-state index >= 15 is 0 Å². The van der Waals surface area contributed by atoms with Crippen LogP contribution in [-0.2, 0) is 9.59 Å². The molecule has 1 aliphatic carbocycles. The summed E-state index contributed by atoms with van der Waals surface area (Å²) in [5, 5.41) is 4.97. The third-order valence-electron chi connectivity index (χ3n) is 5.53. The van der Waals surface area contributed by atoms with Crippen molar-refractivity contribution in [2.75, 3.05) is 19.6 Å². The molecule has 0 spiro atoms. The summed E-state index contributed by atoms with van der Waals surface area (Å²) in [5.74, 6) is 0.164. The molecule has 1 saturated carbocycles. The van der Waals surface area contributed by atoms with Gasteiger partial charge in [-0.05, 0) is 37.6 Å². The van der Waals surface area contributed by atoms with Crippen LogP contribution in [0.25, 0.3) is 0 Å². The van der Waals surface area contributed by atoms with Gasteiger partial charge in [-0.1, -0.05) is 26.7 Å². The van der Waals surface area contributed by atoms with Crippen molar-refractivity contribution < 1.29 is 22.8 Å². The van der Waals surface area contributed by atoms with E-state index in [1.54, 1.807) is 4.90 Å². The van der Waals surface area contributed by atoms with Crippen molar-refractivity contribution in [1.82, 2.24) is 15.5 Å².